The molecule has 0 spiro atoms. The predicted molar refractivity (Wildman–Crippen MR) is 88.0 cm³/mol. The Morgan fingerprint density at radius 2 is 1.86 bits per heavy atom. The molecule has 0 aliphatic heterocycles. The summed E-state index contributed by atoms with van der Waals surface area (Å²) < 4.78 is 10.8. The van der Waals surface area contributed by atoms with Crippen molar-refractivity contribution in [2.24, 2.45) is 0 Å². The number of hydrogen-bond donors (Lipinski definition) is 1. The van der Waals surface area contributed by atoms with Crippen molar-refractivity contribution in [1.82, 2.24) is 10.2 Å². The van der Waals surface area contributed by atoms with Crippen molar-refractivity contribution in [2.75, 3.05) is 47.0 Å². The topological polar surface area (TPSA) is 33.7 Å². The van der Waals surface area contributed by atoms with Crippen molar-refractivity contribution >= 4 is 0 Å². The minimum absolute atomic E-state index is 0.321. The summed E-state index contributed by atoms with van der Waals surface area (Å²) in [6.07, 6.45) is 1.03. The normalized spacial score (nSPS) is 12.6. The van der Waals surface area contributed by atoms with Crippen LogP contribution < -0.4 is 10.1 Å². The zero-order valence-corrected chi connectivity index (χ0v) is 13.9. The van der Waals surface area contributed by atoms with Crippen molar-refractivity contribution in [3.05, 3.63) is 29.8 Å². The molecule has 0 heterocycles. The fourth-order valence-corrected chi connectivity index (χ4v) is 2.24. The molecule has 0 saturated heterocycles. The van der Waals surface area contributed by atoms with Crippen molar-refractivity contribution in [3.63, 3.8) is 0 Å². The van der Waals surface area contributed by atoms with Crippen LogP contribution in [-0.2, 0) is 4.74 Å². The van der Waals surface area contributed by atoms with Gasteiger partial charge in [-0.15, -0.1) is 0 Å². The monoisotopic (exact) mass is 294 g/mol. The third-order valence-electron chi connectivity index (χ3n) is 3.60. The number of nitrogens with one attached hydrogen (secondary N) is 1. The Balaban J connectivity index is 2.61. The van der Waals surface area contributed by atoms with Crippen LogP contribution in [0.2, 0.25) is 0 Å². The summed E-state index contributed by atoms with van der Waals surface area (Å²) >= 11 is 0. The van der Waals surface area contributed by atoms with Crippen LogP contribution in [0, 0.1) is 0 Å². The fraction of sp³-hybridized carbons (Fsp3) is 0.647. The van der Waals surface area contributed by atoms with Gasteiger partial charge in [0, 0.05) is 26.2 Å². The van der Waals surface area contributed by atoms with Gasteiger partial charge in [-0.2, -0.15) is 0 Å². The lowest BCUT2D eigenvalue weighted by Gasteiger charge is -2.26. The second-order valence-electron chi connectivity index (χ2n) is 5.14. The molecule has 1 aromatic carbocycles. The van der Waals surface area contributed by atoms with E-state index >= 15 is 0 Å². The van der Waals surface area contributed by atoms with Crippen molar-refractivity contribution < 1.29 is 9.47 Å². The summed E-state index contributed by atoms with van der Waals surface area (Å²) in [4.78, 5) is 2.40. The van der Waals surface area contributed by atoms with E-state index in [0.717, 1.165) is 45.0 Å². The predicted octanol–water partition coefficient (Wildman–Crippen LogP) is 2.70. The van der Waals surface area contributed by atoms with Crippen molar-refractivity contribution in [3.8, 4) is 5.75 Å². The van der Waals surface area contributed by atoms with Gasteiger partial charge in [0.2, 0.25) is 0 Å². The summed E-state index contributed by atoms with van der Waals surface area (Å²) in [6, 6.07) is 8.73. The van der Waals surface area contributed by atoms with Gasteiger partial charge < -0.3 is 14.8 Å². The second kappa shape index (κ2) is 10.6. The first-order valence-corrected chi connectivity index (χ1v) is 7.86. The molecule has 1 rings (SSSR count). The summed E-state index contributed by atoms with van der Waals surface area (Å²) in [5.41, 5.74) is 1.29. The van der Waals surface area contributed by atoms with Gasteiger partial charge in [-0.3, -0.25) is 4.90 Å². The molecular weight excluding hydrogens is 264 g/mol. The smallest absolute Gasteiger partial charge is 0.119 e. The Morgan fingerprint density at radius 3 is 2.38 bits per heavy atom. The third kappa shape index (κ3) is 6.46. The van der Waals surface area contributed by atoms with Crippen LogP contribution in [0.4, 0.5) is 0 Å². The molecule has 0 saturated carbocycles. The van der Waals surface area contributed by atoms with Crippen LogP contribution in [0.5, 0.6) is 5.75 Å². The maximum absolute atomic E-state index is 5.63. The molecule has 0 aliphatic rings. The molecule has 0 aromatic heterocycles. The summed E-state index contributed by atoms with van der Waals surface area (Å²) in [5.74, 6) is 0.946. The summed E-state index contributed by atoms with van der Waals surface area (Å²) in [7, 11) is 3.76. The number of nitrogens with zero attached hydrogens (tertiary/aromatic N) is 1. The number of likely N-dealkylation sites (N-methyl/N-ethyl adjacent to an activating group) is 2. The molecule has 0 aliphatic carbocycles. The van der Waals surface area contributed by atoms with E-state index < -0.39 is 0 Å². The van der Waals surface area contributed by atoms with E-state index in [1.54, 1.807) is 7.11 Å². The van der Waals surface area contributed by atoms with Crippen LogP contribution in [0.15, 0.2) is 24.3 Å². The molecule has 0 radical (unpaired) electrons. The molecule has 120 valence electrons. The average molecular weight is 294 g/mol. The van der Waals surface area contributed by atoms with Crippen LogP contribution in [0.3, 0.4) is 0 Å². The lowest BCUT2D eigenvalue weighted by atomic mass is 10.1. The Hall–Kier alpha value is -1.10. The van der Waals surface area contributed by atoms with E-state index in [1.807, 2.05) is 7.05 Å². The number of hydrogen-bond acceptors (Lipinski definition) is 4. The van der Waals surface area contributed by atoms with E-state index in [9.17, 15) is 0 Å². The quantitative estimate of drug-likeness (QED) is 0.680. The van der Waals surface area contributed by atoms with Gasteiger partial charge in [0.25, 0.3) is 0 Å². The zero-order valence-electron chi connectivity index (χ0n) is 13.9. The molecule has 1 unspecified atom stereocenters. The van der Waals surface area contributed by atoms with Crippen LogP contribution >= 0.6 is 0 Å². The zero-order chi connectivity index (χ0) is 15.5. The molecule has 1 N–H and O–H groups in total. The van der Waals surface area contributed by atoms with Crippen molar-refractivity contribution in [1.29, 1.82) is 0 Å². The Bertz CT molecular complexity index is 368. The first-order chi connectivity index (χ1) is 10.2. The largest absolute Gasteiger partial charge is 0.494 e. The first-order valence-electron chi connectivity index (χ1n) is 7.86. The van der Waals surface area contributed by atoms with Crippen LogP contribution in [0.1, 0.15) is 31.9 Å². The van der Waals surface area contributed by atoms with Crippen LogP contribution in [-0.4, -0.2) is 51.9 Å². The van der Waals surface area contributed by atoms with E-state index in [4.69, 9.17) is 9.47 Å². The third-order valence-corrected chi connectivity index (χ3v) is 3.60. The van der Waals surface area contributed by atoms with E-state index in [-0.39, 0.29) is 0 Å². The van der Waals surface area contributed by atoms with E-state index in [2.05, 4.69) is 48.3 Å². The minimum Gasteiger partial charge on any atom is -0.494 e. The van der Waals surface area contributed by atoms with Gasteiger partial charge in [0.05, 0.1) is 13.2 Å². The Kier molecular flexibility index (Phi) is 9.06. The molecule has 1 atom stereocenters. The molecule has 4 nitrogen and oxygen atoms in total. The number of rotatable bonds is 11. The number of methoxy groups -OCH3 is 1. The maximum atomic E-state index is 5.63. The summed E-state index contributed by atoms with van der Waals surface area (Å²) in [6.45, 7) is 8.81. The minimum atomic E-state index is 0.321. The standard InChI is InChI=1S/C17H30N2O2/c1-5-12-21-16-9-7-15(8-10-16)17(18-3)14-19(6-2)11-13-20-4/h7-10,17-18H,5-6,11-14H2,1-4H3. The molecule has 0 bridgehead atoms. The van der Waals surface area contributed by atoms with Gasteiger partial charge in [0.1, 0.15) is 5.75 Å². The average Bonchev–Trinajstić information content (AvgIpc) is 2.54. The number of ether oxygens (including phenoxy) is 2. The highest BCUT2D eigenvalue weighted by atomic mass is 16.5. The van der Waals surface area contributed by atoms with Gasteiger partial charge >= 0.3 is 0 Å². The maximum Gasteiger partial charge on any atom is 0.119 e. The fourth-order valence-electron chi connectivity index (χ4n) is 2.24. The SMILES string of the molecule is CCCOc1ccc(C(CN(CC)CCOC)NC)cc1. The van der Waals surface area contributed by atoms with Gasteiger partial charge in [-0.25, -0.2) is 0 Å². The Morgan fingerprint density at radius 1 is 1.14 bits per heavy atom. The molecule has 21 heavy (non-hydrogen) atoms. The first kappa shape index (κ1) is 18.0. The van der Waals surface area contributed by atoms with Crippen molar-refractivity contribution in [2.45, 2.75) is 26.3 Å². The van der Waals surface area contributed by atoms with Gasteiger partial charge in [-0.1, -0.05) is 26.0 Å². The Labute approximate surface area is 129 Å². The van der Waals surface area contributed by atoms with E-state index in [1.165, 1.54) is 5.56 Å². The summed E-state index contributed by atoms with van der Waals surface area (Å²) in [5, 5.41) is 3.40. The molecular formula is C17H30N2O2. The lowest BCUT2D eigenvalue weighted by molar-refractivity contribution is 0.144. The van der Waals surface area contributed by atoms with Crippen LogP contribution in [0.25, 0.3) is 0 Å². The van der Waals surface area contributed by atoms with Gasteiger partial charge in [0.15, 0.2) is 0 Å². The second-order valence-corrected chi connectivity index (χ2v) is 5.14. The molecule has 1 aromatic rings. The highest BCUT2D eigenvalue weighted by Crippen LogP contribution is 2.19. The highest BCUT2D eigenvalue weighted by molar-refractivity contribution is 5.29. The number of benzene rings is 1. The molecule has 0 fully saturated rings. The molecule has 0 amide bonds. The molecule has 4 heteroatoms. The lowest BCUT2D eigenvalue weighted by Crippen LogP contribution is -2.35. The highest BCUT2D eigenvalue weighted by Gasteiger charge is 2.13. The van der Waals surface area contributed by atoms with Gasteiger partial charge in [-0.05, 0) is 37.7 Å². The van der Waals surface area contributed by atoms with E-state index in [0.29, 0.717) is 6.04 Å².